The van der Waals surface area contributed by atoms with E-state index >= 15 is 0 Å². The predicted molar refractivity (Wildman–Crippen MR) is 70.1 cm³/mol. The third-order valence-corrected chi connectivity index (χ3v) is 2.71. The summed E-state index contributed by atoms with van der Waals surface area (Å²) in [6.07, 6.45) is 0. The molecule has 1 N–H and O–H groups in total. The summed E-state index contributed by atoms with van der Waals surface area (Å²) in [6, 6.07) is 0. The average Bonchev–Trinajstić information content (AvgIpc) is 2.11. The predicted octanol–water partition coefficient (Wildman–Crippen LogP) is 0.767. The Morgan fingerprint density at radius 3 is 2.62 bits per heavy atom. The first-order chi connectivity index (χ1) is 7.33. The molecule has 0 aliphatic carbocycles. The number of thiol groups is 1. The quantitative estimate of drug-likeness (QED) is 0.392. The van der Waals surface area contributed by atoms with Gasteiger partial charge in [-0.15, -0.1) is 0 Å². The zero-order valence-electron chi connectivity index (χ0n) is 9.30. The van der Waals surface area contributed by atoms with Crippen molar-refractivity contribution in [2.75, 3.05) is 25.7 Å². The van der Waals surface area contributed by atoms with Crippen molar-refractivity contribution >= 4 is 39.3 Å². The third-order valence-electron chi connectivity index (χ3n) is 1.34. The van der Waals surface area contributed by atoms with Crippen LogP contribution in [-0.4, -0.2) is 38.5 Å². The summed E-state index contributed by atoms with van der Waals surface area (Å²) >= 11 is 8.27. The number of ether oxygens (including phenoxy) is 2. The van der Waals surface area contributed by atoms with Crippen molar-refractivity contribution in [3.8, 4) is 0 Å². The monoisotopic (exact) mass is 287 g/mol. The van der Waals surface area contributed by atoms with Gasteiger partial charge in [-0.25, -0.2) is 13.1 Å². The van der Waals surface area contributed by atoms with Gasteiger partial charge in [0.05, 0.1) is 6.61 Å². The molecule has 0 heterocycles. The molecule has 0 aliphatic rings. The summed E-state index contributed by atoms with van der Waals surface area (Å²) in [4.78, 5) is 0. The van der Waals surface area contributed by atoms with E-state index in [1.54, 1.807) is 0 Å². The van der Waals surface area contributed by atoms with Crippen LogP contribution in [0.4, 0.5) is 0 Å². The lowest BCUT2D eigenvalue weighted by atomic mass is 10.2. The van der Waals surface area contributed by atoms with E-state index in [2.05, 4.69) is 29.6 Å². The van der Waals surface area contributed by atoms with Crippen LogP contribution in [0.3, 0.4) is 0 Å². The Balaban J connectivity index is 3.67. The van der Waals surface area contributed by atoms with Crippen LogP contribution in [0.25, 0.3) is 0 Å². The minimum Gasteiger partial charge on any atom is -0.477 e. The van der Waals surface area contributed by atoms with Gasteiger partial charge in [0, 0.05) is 6.54 Å². The Hall–Kier alpha value is 0.110. The molecule has 0 aliphatic heterocycles. The Bertz CT molecular complexity index is 302. The van der Waals surface area contributed by atoms with E-state index in [4.69, 9.17) is 9.47 Å². The van der Waals surface area contributed by atoms with Gasteiger partial charge in [0.2, 0.25) is 14.4 Å². The van der Waals surface area contributed by atoms with Crippen LogP contribution in [0.15, 0.2) is 0 Å². The van der Waals surface area contributed by atoms with Gasteiger partial charge in [0.15, 0.2) is 5.94 Å². The van der Waals surface area contributed by atoms with Gasteiger partial charge < -0.3 is 9.47 Å². The Morgan fingerprint density at radius 2 is 2.12 bits per heavy atom. The first kappa shape index (κ1) is 16.1. The number of hydrogen-bond donors (Lipinski definition) is 2. The van der Waals surface area contributed by atoms with Gasteiger partial charge in [-0.05, 0) is 18.1 Å². The Kier molecular flexibility index (Phi) is 8.29. The van der Waals surface area contributed by atoms with Crippen LogP contribution in [0.5, 0.6) is 0 Å². The van der Waals surface area contributed by atoms with Gasteiger partial charge in [0.1, 0.15) is 6.61 Å². The average molecular weight is 287 g/mol. The van der Waals surface area contributed by atoms with Gasteiger partial charge in [-0.2, -0.15) is 0 Å². The molecule has 0 rings (SSSR count). The standard InChI is InChI=1S/C8H17NO4S3/c1-7(2)5-12-6-16(10,11)9-3-4-13-8(14)15/h7,9H,3-6H2,1-2H3,(H,14,15). The second-order valence-corrected chi connectivity index (χ2v) is 6.34. The lowest BCUT2D eigenvalue weighted by Gasteiger charge is -2.09. The van der Waals surface area contributed by atoms with Crippen molar-refractivity contribution in [2.24, 2.45) is 5.92 Å². The molecule has 5 nitrogen and oxygen atoms in total. The molecule has 0 spiro atoms. The molecule has 0 aromatic carbocycles. The van der Waals surface area contributed by atoms with Crippen LogP contribution in [0, 0.1) is 5.92 Å². The zero-order chi connectivity index (χ0) is 12.6. The first-order valence-corrected chi connectivity index (χ1v) is 7.25. The summed E-state index contributed by atoms with van der Waals surface area (Å²) in [7, 11) is -3.40. The second kappa shape index (κ2) is 8.24. The molecule has 0 amide bonds. The van der Waals surface area contributed by atoms with Crippen molar-refractivity contribution in [3.63, 3.8) is 0 Å². The van der Waals surface area contributed by atoms with E-state index in [0.29, 0.717) is 12.5 Å². The molecule has 8 heteroatoms. The minimum atomic E-state index is -3.40. The normalized spacial score (nSPS) is 11.8. The maximum absolute atomic E-state index is 11.3. The van der Waals surface area contributed by atoms with E-state index < -0.39 is 10.0 Å². The van der Waals surface area contributed by atoms with Crippen LogP contribution < -0.4 is 4.72 Å². The molecular formula is C8H17NO4S3. The third kappa shape index (κ3) is 10.6. The summed E-state index contributed by atoms with van der Waals surface area (Å²) in [5, 5.41) is 0. The van der Waals surface area contributed by atoms with Crippen LogP contribution in [-0.2, 0) is 19.5 Å². The first-order valence-electron chi connectivity index (χ1n) is 4.74. The van der Waals surface area contributed by atoms with Gasteiger partial charge >= 0.3 is 0 Å². The maximum Gasteiger partial charge on any atom is 0.235 e. The maximum atomic E-state index is 11.3. The molecule has 0 aromatic heterocycles. The van der Waals surface area contributed by atoms with Gasteiger partial charge in [-0.3, -0.25) is 0 Å². The minimum absolute atomic E-state index is 0.0928. The van der Waals surface area contributed by atoms with Crippen molar-refractivity contribution < 1.29 is 17.9 Å². The molecular weight excluding hydrogens is 270 g/mol. The number of nitrogens with one attached hydrogen (secondary N) is 1. The van der Waals surface area contributed by atoms with Crippen molar-refractivity contribution in [2.45, 2.75) is 13.8 Å². The van der Waals surface area contributed by atoms with Gasteiger partial charge in [0.25, 0.3) is 0 Å². The van der Waals surface area contributed by atoms with Crippen molar-refractivity contribution in [1.29, 1.82) is 0 Å². The highest BCUT2D eigenvalue weighted by Crippen LogP contribution is 1.94. The van der Waals surface area contributed by atoms with Crippen molar-refractivity contribution in [1.82, 2.24) is 4.72 Å². The molecule has 0 atom stereocenters. The van der Waals surface area contributed by atoms with E-state index in [-0.39, 0.29) is 23.5 Å². The largest absolute Gasteiger partial charge is 0.477 e. The van der Waals surface area contributed by atoms with Gasteiger partial charge in [-0.1, -0.05) is 26.5 Å². The van der Waals surface area contributed by atoms with E-state index in [0.717, 1.165) is 0 Å². The summed E-state index contributed by atoms with van der Waals surface area (Å²) < 4.78 is 34.8. The fraction of sp³-hybridized carbons (Fsp3) is 0.875. The zero-order valence-corrected chi connectivity index (χ0v) is 11.8. The molecule has 0 bridgehead atoms. The lowest BCUT2D eigenvalue weighted by molar-refractivity contribution is 0.147. The fourth-order valence-corrected chi connectivity index (χ4v) is 1.74. The fourth-order valence-electron chi connectivity index (χ4n) is 0.771. The highest BCUT2D eigenvalue weighted by molar-refractivity contribution is 8.10. The molecule has 16 heavy (non-hydrogen) atoms. The van der Waals surface area contributed by atoms with E-state index in [1.165, 1.54) is 0 Å². The molecule has 0 aromatic rings. The van der Waals surface area contributed by atoms with E-state index in [1.807, 2.05) is 13.8 Å². The molecule has 96 valence electrons. The topological polar surface area (TPSA) is 64.6 Å². The van der Waals surface area contributed by atoms with Crippen LogP contribution in [0.1, 0.15) is 13.8 Å². The number of rotatable bonds is 8. The van der Waals surface area contributed by atoms with Crippen LogP contribution >= 0.6 is 24.8 Å². The van der Waals surface area contributed by atoms with Crippen molar-refractivity contribution in [3.05, 3.63) is 0 Å². The lowest BCUT2D eigenvalue weighted by Crippen LogP contribution is -2.31. The summed E-state index contributed by atoms with van der Waals surface area (Å²) in [5.74, 6) is -0.0312. The summed E-state index contributed by atoms with van der Waals surface area (Å²) in [5.41, 5.74) is 0. The second-order valence-electron chi connectivity index (χ2n) is 3.51. The molecule has 0 saturated carbocycles. The smallest absolute Gasteiger partial charge is 0.235 e. The molecule has 0 saturated heterocycles. The number of sulfonamides is 1. The summed E-state index contributed by atoms with van der Waals surface area (Å²) in [6.45, 7) is 4.61. The highest BCUT2D eigenvalue weighted by Gasteiger charge is 2.09. The Morgan fingerprint density at radius 1 is 1.50 bits per heavy atom. The van der Waals surface area contributed by atoms with E-state index in [9.17, 15) is 8.42 Å². The highest BCUT2D eigenvalue weighted by atomic mass is 32.2. The SMILES string of the molecule is CC(C)COCS(=O)(=O)NCCOC(=S)S. The molecule has 0 radical (unpaired) electrons. The van der Waals surface area contributed by atoms with Crippen LogP contribution in [0.2, 0.25) is 0 Å². The molecule has 0 unspecified atom stereocenters. The molecule has 0 fully saturated rings. The Labute approximate surface area is 107 Å². The number of hydrogen-bond acceptors (Lipinski definition) is 5. The number of thiocarbonyl (C=S) groups is 1.